The molecule has 1 atom stereocenters. The van der Waals surface area contributed by atoms with Gasteiger partial charge in [-0.2, -0.15) is 0 Å². The van der Waals surface area contributed by atoms with Gasteiger partial charge >= 0.3 is 0 Å². The van der Waals surface area contributed by atoms with Crippen LogP contribution in [0.1, 0.15) is 39.0 Å². The highest BCUT2D eigenvalue weighted by Gasteiger charge is 2.27. The van der Waals surface area contributed by atoms with Gasteiger partial charge in [-0.15, -0.1) is 0 Å². The zero-order valence-corrected chi connectivity index (χ0v) is 11.5. The Bertz CT molecular complexity index is 330. The summed E-state index contributed by atoms with van der Waals surface area (Å²) in [6.45, 7) is 4.05. The Kier molecular flexibility index (Phi) is 5.06. The number of likely N-dealkylation sites (N-methyl/N-ethyl adjacent to an activating group) is 1. The van der Waals surface area contributed by atoms with E-state index in [0.29, 0.717) is 6.04 Å². The van der Waals surface area contributed by atoms with Crippen molar-refractivity contribution in [3.8, 4) is 0 Å². The Balaban J connectivity index is 2.13. The van der Waals surface area contributed by atoms with E-state index in [1.54, 1.807) is 0 Å². The molecule has 0 radical (unpaired) electrons. The molecule has 0 spiro atoms. The van der Waals surface area contributed by atoms with E-state index < -0.39 is 0 Å². The first-order chi connectivity index (χ1) is 8.86. The van der Waals surface area contributed by atoms with E-state index in [0.717, 1.165) is 19.0 Å². The Hall–Kier alpha value is -1.02. The molecule has 1 unspecified atom stereocenters. The number of benzene rings is 1. The van der Waals surface area contributed by atoms with E-state index in [1.165, 1.54) is 37.8 Å². The summed E-state index contributed by atoms with van der Waals surface area (Å²) in [7, 11) is 0. The van der Waals surface area contributed by atoms with Gasteiger partial charge in [0, 0.05) is 24.8 Å². The summed E-state index contributed by atoms with van der Waals surface area (Å²) in [5, 5.41) is 0. The van der Waals surface area contributed by atoms with Gasteiger partial charge in [0.1, 0.15) is 0 Å². The van der Waals surface area contributed by atoms with Gasteiger partial charge in [0.25, 0.3) is 0 Å². The van der Waals surface area contributed by atoms with Crippen molar-refractivity contribution in [1.82, 2.24) is 0 Å². The maximum Gasteiger partial charge on any atom is 0.0440 e. The van der Waals surface area contributed by atoms with E-state index in [-0.39, 0.29) is 0 Å². The van der Waals surface area contributed by atoms with Crippen LogP contribution in [0.4, 0.5) is 5.69 Å². The molecule has 0 saturated heterocycles. The number of anilines is 1. The molecule has 18 heavy (non-hydrogen) atoms. The van der Waals surface area contributed by atoms with Crippen molar-refractivity contribution in [2.75, 3.05) is 18.0 Å². The van der Waals surface area contributed by atoms with Crippen LogP contribution < -0.4 is 10.6 Å². The lowest BCUT2D eigenvalue weighted by molar-refractivity contribution is 0.297. The predicted molar refractivity (Wildman–Crippen MR) is 78.9 cm³/mol. The molecule has 1 saturated carbocycles. The van der Waals surface area contributed by atoms with Crippen molar-refractivity contribution >= 4 is 5.69 Å². The largest absolute Gasteiger partial charge is 0.367 e. The Morgan fingerprint density at radius 1 is 1.17 bits per heavy atom. The molecular formula is C16H26N2. The van der Waals surface area contributed by atoms with Crippen LogP contribution in [-0.4, -0.2) is 19.1 Å². The van der Waals surface area contributed by atoms with E-state index in [4.69, 9.17) is 5.73 Å². The fourth-order valence-corrected chi connectivity index (χ4v) is 3.32. The number of hydrogen-bond acceptors (Lipinski definition) is 2. The van der Waals surface area contributed by atoms with Gasteiger partial charge in [-0.3, -0.25) is 0 Å². The molecule has 0 aliphatic heterocycles. The number of nitrogens with zero attached hydrogens (tertiary/aromatic N) is 1. The first-order valence-corrected chi connectivity index (χ1v) is 7.38. The fraction of sp³-hybridized carbons (Fsp3) is 0.625. The standard InChI is InChI=1S/C16H26N2/c1-2-18(15-11-7-4-8-12-15)16(13-17)14-9-5-3-6-10-14/h4,7-8,11-12,14,16H,2-3,5-6,9-10,13,17H2,1H3. The molecule has 2 nitrogen and oxygen atoms in total. The minimum atomic E-state index is 0.512. The SMILES string of the molecule is CCN(c1ccccc1)C(CN)C1CCCCC1. The molecule has 1 aromatic carbocycles. The van der Waals surface area contributed by atoms with E-state index in [2.05, 4.69) is 42.2 Å². The van der Waals surface area contributed by atoms with Gasteiger partial charge in [0.15, 0.2) is 0 Å². The highest BCUT2D eigenvalue weighted by atomic mass is 15.2. The summed E-state index contributed by atoms with van der Waals surface area (Å²) < 4.78 is 0. The quantitative estimate of drug-likeness (QED) is 0.862. The number of nitrogens with two attached hydrogens (primary N) is 1. The zero-order chi connectivity index (χ0) is 12.8. The summed E-state index contributed by atoms with van der Waals surface area (Å²) in [5.41, 5.74) is 7.40. The van der Waals surface area contributed by atoms with Gasteiger partial charge < -0.3 is 10.6 Å². The third-order valence-electron chi connectivity index (χ3n) is 4.26. The molecule has 1 aliphatic carbocycles. The Morgan fingerprint density at radius 3 is 2.39 bits per heavy atom. The van der Waals surface area contributed by atoms with Crippen molar-refractivity contribution in [1.29, 1.82) is 0 Å². The zero-order valence-electron chi connectivity index (χ0n) is 11.5. The van der Waals surface area contributed by atoms with Gasteiger partial charge in [0.2, 0.25) is 0 Å². The second kappa shape index (κ2) is 6.79. The molecule has 1 fully saturated rings. The van der Waals surface area contributed by atoms with Crippen LogP contribution in [0.5, 0.6) is 0 Å². The molecule has 1 aliphatic rings. The summed E-state index contributed by atoms with van der Waals surface area (Å²) >= 11 is 0. The summed E-state index contributed by atoms with van der Waals surface area (Å²) in [6, 6.07) is 11.2. The number of para-hydroxylation sites is 1. The predicted octanol–water partition coefficient (Wildman–Crippen LogP) is 3.42. The molecule has 0 amide bonds. The van der Waals surface area contributed by atoms with Gasteiger partial charge in [-0.1, -0.05) is 37.5 Å². The highest BCUT2D eigenvalue weighted by Crippen LogP contribution is 2.30. The van der Waals surface area contributed by atoms with Crippen LogP contribution in [0.3, 0.4) is 0 Å². The van der Waals surface area contributed by atoms with Gasteiger partial charge in [-0.05, 0) is 37.8 Å². The second-order valence-corrected chi connectivity index (χ2v) is 5.32. The van der Waals surface area contributed by atoms with Crippen LogP contribution in [-0.2, 0) is 0 Å². The molecule has 2 N–H and O–H groups in total. The lowest BCUT2D eigenvalue weighted by atomic mass is 9.83. The lowest BCUT2D eigenvalue weighted by Crippen LogP contribution is -2.46. The Labute approximate surface area is 111 Å². The van der Waals surface area contributed by atoms with Crippen LogP contribution in [0.2, 0.25) is 0 Å². The molecule has 0 heterocycles. The van der Waals surface area contributed by atoms with Crippen molar-refractivity contribution in [2.45, 2.75) is 45.1 Å². The fourth-order valence-electron chi connectivity index (χ4n) is 3.32. The summed E-state index contributed by atoms with van der Waals surface area (Å²) in [5.74, 6) is 0.781. The normalized spacial score (nSPS) is 18.6. The first-order valence-electron chi connectivity index (χ1n) is 7.38. The number of hydrogen-bond donors (Lipinski definition) is 1. The van der Waals surface area contributed by atoms with Crippen LogP contribution in [0, 0.1) is 5.92 Å². The summed E-state index contributed by atoms with van der Waals surface area (Å²) in [4.78, 5) is 2.50. The highest BCUT2D eigenvalue weighted by molar-refractivity contribution is 5.47. The Morgan fingerprint density at radius 2 is 1.83 bits per heavy atom. The molecule has 0 bridgehead atoms. The average Bonchev–Trinajstić information content (AvgIpc) is 2.46. The van der Waals surface area contributed by atoms with Crippen molar-refractivity contribution < 1.29 is 0 Å². The monoisotopic (exact) mass is 246 g/mol. The van der Waals surface area contributed by atoms with Gasteiger partial charge in [-0.25, -0.2) is 0 Å². The van der Waals surface area contributed by atoms with Crippen molar-refractivity contribution in [3.05, 3.63) is 30.3 Å². The summed E-state index contributed by atoms with van der Waals surface area (Å²) in [6.07, 6.45) is 6.88. The third-order valence-corrected chi connectivity index (χ3v) is 4.26. The maximum absolute atomic E-state index is 6.08. The molecule has 100 valence electrons. The number of rotatable bonds is 5. The maximum atomic E-state index is 6.08. The smallest absolute Gasteiger partial charge is 0.0440 e. The molecule has 2 heteroatoms. The van der Waals surface area contributed by atoms with Crippen LogP contribution >= 0.6 is 0 Å². The van der Waals surface area contributed by atoms with Crippen molar-refractivity contribution in [3.63, 3.8) is 0 Å². The minimum Gasteiger partial charge on any atom is -0.367 e. The minimum absolute atomic E-state index is 0.512. The van der Waals surface area contributed by atoms with E-state index in [1.807, 2.05) is 0 Å². The topological polar surface area (TPSA) is 29.3 Å². The average molecular weight is 246 g/mol. The first kappa shape index (κ1) is 13.4. The van der Waals surface area contributed by atoms with E-state index in [9.17, 15) is 0 Å². The lowest BCUT2D eigenvalue weighted by Gasteiger charge is -2.39. The van der Waals surface area contributed by atoms with Crippen LogP contribution in [0.25, 0.3) is 0 Å². The molecule has 1 aromatic rings. The van der Waals surface area contributed by atoms with Gasteiger partial charge in [0.05, 0.1) is 0 Å². The third kappa shape index (κ3) is 3.05. The van der Waals surface area contributed by atoms with Crippen molar-refractivity contribution in [2.24, 2.45) is 11.7 Å². The molecule has 2 rings (SSSR count). The second-order valence-electron chi connectivity index (χ2n) is 5.32. The van der Waals surface area contributed by atoms with E-state index >= 15 is 0 Å². The molecule has 0 aromatic heterocycles. The van der Waals surface area contributed by atoms with Crippen LogP contribution in [0.15, 0.2) is 30.3 Å². The molecular weight excluding hydrogens is 220 g/mol.